The van der Waals surface area contributed by atoms with Crippen LogP contribution in [0, 0.1) is 5.92 Å². The topological polar surface area (TPSA) is 77.0 Å². The highest BCUT2D eigenvalue weighted by Gasteiger charge is 2.25. The molecule has 1 aliphatic rings. The van der Waals surface area contributed by atoms with Crippen molar-refractivity contribution in [2.24, 2.45) is 11.7 Å². The second-order valence-electron chi connectivity index (χ2n) is 6.55. The van der Waals surface area contributed by atoms with Gasteiger partial charge in [0.2, 0.25) is 5.91 Å². The maximum atomic E-state index is 12.5. The van der Waals surface area contributed by atoms with Crippen LogP contribution < -0.4 is 5.73 Å². The average molecular weight is 327 g/mol. The van der Waals surface area contributed by atoms with Crippen molar-refractivity contribution in [1.29, 1.82) is 0 Å². The number of carbonyl (C=O) groups excluding carboxylic acids is 1. The monoisotopic (exact) mass is 327 g/mol. The highest BCUT2D eigenvalue weighted by Crippen LogP contribution is 2.20. The van der Waals surface area contributed by atoms with Crippen molar-refractivity contribution in [3.8, 4) is 5.69 Å². The Morgan fingerprint density at radius 2 is 2.17 bits per heavy atom. The summed E-state index contributed by atoms with van der Waals surface area (Å²) in [6.45, 7) is 3.65. The summed E-state index contributed by atoms with van der Waals surface area (Å²) in [6, 6.07) is 10.1. The largest absolute Gasteiger partial charge is 0.342 e. The van der Waals surface area contributed by atoms with Crippen LogP contribution in [0.1, 0.15) is 32.0 Å². The fourth-order valence-corrected chi connectivity index (χ4v) is 3.28. The zero-order chi connectivity index (χ0) is 16.9. The molecule has 1 saturated heterocycles. The van der Waals surface area contributed by atoms with Gasteiger partial charge in [-0.05, 0) is 37.8 Å². The number of aromatic nitrogens is 3. The molecule has 1 amide bonds. The lowest BCUT2D eigenvalue weighted by Gasteiger charge is -2.34. The van der Waals surface area contributed by atoms with Gasteiger partial charge in [-0.2, -0.15) is 0 Å². The summed E-state index contributed by atoms with van der Waals surface area (Å²) in [5, 5.41) is 8.17. The zero-order valence-electron chi connectivity index (χ0n) is 14.1. The summed E-state index contributed by atoms with van der Waals surface area (Å²) in [6.07, 6.45) is 4.90. The summed E-state index contributed by atoms with van der Waals surface area (Å²) >= 11 is 0. The van der Waals surface area contributed by atoms with Crippen molar-refractivity contribution >= 4 is 5.91 Å². The first kappa shape index (κ1) is 16.6. The molecule has 2 unspecified atom stereocenters. The third kappa shape index (κ3) is 3.82. The second kappa shape index (κ2) is 7.57. The van der Waals surface area contributed by atoms with Crippen LogP contribution in [0.15, 0.2) is 36.7 Å². The molecule has 6 nitrogen and oxygen atoms in total. The molecule has 0 radical (unpaired) electrons. The minimum absolute atomic E-state index is 0.141. The average Bonchev–Trinajstić information content (AvgIpc) is 3.09. The van der Waals surface area contributed by atoms with Gasteiger partial charge in [-0.1, -0.05) is 18.2 Å². The molecule has 2 heterocycles. The molecule has 6 heteroatoms. The number of carbonyl (C=O) groups is 1. The second-order valence-corrected chi connectivity index (χ2v) is 6.55. The summed E-state index contributed by atoms with van der Waals surface area (Å²) < 4.78 is 1.94. The Labute approximate surface area is 142 Å². The van der Waals surface area contributed by atoms with Gasteiger partial charge in [0, 0.05) is 37.7 Å². The SMILES string of the molecule is CC(N)C1CCCN(C(=O)CCc2nncn2-c2ccccc2)C1. The minimum atomic E-state index is 0.141. The lowest BCUT2D eigenvalue weighted by molar-refractivity contribution is -0.133. The predicted molar refractivity (Wildman–Crippen MR) is 92.6 cm³/mol. The van der Waals surface area contributed by atoms with E-state index in [2.05, 4.69) is 10.2 Å². The number of piperidine rings is 1. The van der Waals surface area contributed by atoms with Crippen molar-refractivity contribution in [3.63, 3.8) is 0 Å². The van der Waals surface area contributed by atoms with Crippen LogP contribution in [-0.2, 0) is 11.2 Å². The number of aryl methyl sites for hydroxylation is 1. The number of rotatable bonds is 5. The number of hydrogen-bond donors (Lipinski definition) is 1. The molecule has 24 heavy (non-hydrogen) atoms. The molecule has 2 N–H and O–H groups in total. The molecule has 0 saturated carbocycles. The van der Waals surface area contributed by atoms with Gasteiger partial charge >= 0.3 is 0 Å². The Morgan fingerprint density at radius 3 is 2.92 bits per heavy atom. The fraction of sp³-hybridized carbons (Fsp3) is 0.500. The van der Waals surface area contributed by atoms with Crippen LogP contribution in [0.2, 0.25) is 0 Å². The minimum Gasteiger partial charge on any atom is -0.342 e. The third-order valence-electron chi connectivity index (χ3n) is 4.77. The van der Waals surface area contributed by atoms with Gasteiger partial charge in [-0.3, -0.25) is 9.36 Å². The van der Waals surface area contributed by atoms with E-state index in [0.29, 0.717) is 18.8 Å². The standard InChI is InChI=1S/C18H25N5O/c1-14(19)15-6-5-11-22(12-15)18(24)10-9-17-21-20-13-23(17)16-7-3-2-4-8-16/h2-4,7-8,13-15H,5-6,9-12,19H2,1H3. The van der Waals surface area contributed by atoms with E-state index in [-0.39, 0.29) is 11.9 Å². The van der Waals surface area contributed by atoms with E-state index < -0.39 is 0 Å². The van der Waals surface area contributed by atoms with Crippen LogP contribution in [0.3, 0.4) is 0 Å². The summed E-state index contributed by atoms with van der Waals surface area (Å²) in [5.74, 6) is 1.41. The lowest BCUT2D eigenvalue weighted by Crippen LogP contribution is -2.45. The summed E-state index contributed by atoms with van der Waals surface area (Å²) in [7, 11) is 0. The molecule has 1 fully saturated rings. The van der Waals surface area contributed by atoms with Crippen molar-refractivity contribution in [1.82, 2.24) is 19.7 Å². The van der Waals surface area contributed by atoms with E-state index in [4.69, 9.17) is 5.73 Å². The Morgan fingerprint density at radius 1 is 1.38 bits per heavy atom. The summed E-state index contributed by atoms with van der Waals surface area (Å²) in [5.41, 5.74) is 7.02. The molecule has 1 aliphatic heterocycles. The maximum Gasteiger partial charge on any atom is 0.223 e. The Balaban J connectivity index is 1.60. The first-order valence-corrected chi connectivity index (χ1v) is 8.63. The van der Waals surface area contributed by atoms with E-state index in [0.717, 1.165) is 37.4 Å². The Hall–Kier alpha value is -2.21. The van der Waals surface area contributed by atoms with Crippen LogP contribution in [0.4, 0.5) is 0 Å². The molecular weight excluding hydrogens is 302 g/mol. The molecule has 3 rings (SSSR count). The van der Waals surface area contributed by atoms with Gasteiger partial charge in [-0.15, -0.1) is 10.2 Å². The van der Waals surface area contributed by atoms with Gasteiger partial charge < -0.3 is 10.6 Å². The van der Waals surface area contributed by atoms with Crippen LogP contribution in [0.25, 0.3) is 5.69 Å². The maximum absolute atomic E-state index is 12.5. The molecule has 128 valence electrons. The highest BCUT2D eigenvalue weighted by molar-refractivity contribution is 5.76. The molecule has 2 atom stereocenters. The molecular formula is C18H25N5O. The molecule has 1 aromatic carbocycles. The van der Waals surface area contributed by atoms with E-state index in [1.54, 1.807) is 6.33 Å². The number of likely N-dealkylation sites (tertiary alicyclic amines) is 1. The van der Waals surface area contributed by atoms with E-state index in [1.165, 1.54) is 0 Å². The number of hydrogen-bond acceptors (Lipinski definition) is 4. The third-order valence-corrected chi connectivity index (χ3v) is 4.77. The van der Waals surface area contributed by atoms with Crippen LogP contribution in [-0.4, -0.2) is 44.7 Å². The molecule has 1 aromatic heterocycles. The zero-order valence-corrected chi connectivity index (χ0v) is 14.1. The van der Waals surface area contributed by atoms with E-state index in [1.807, 2.05) is 46.7 Å². The van der Waals surface area contributed by atoms with Crippen LogP contribution >= 0.6 is 0 Å². The lowest BCUT2D eigenvalue weighted by atomic mass is 9.92. The van der Waals surface area contributed by atoms with Gasteiger partial charge in [0.1, 0.15) is 12.2 Å². The predicted octanol–water partition coefficient (Wildman–Crippen LogP) is 1.79. The van der Waals surface area contributed by atoms with Gasteiger partial charge in [-0.25, -0.2) is 0 Å². The van der Waals surface area contributed by atoms with Crippen molar-refractivity contribution in [2.75, 3.05) is 13.1 Å². The van der Waals surface area contributed by atoms with Crippen molar-refractivity contribution in [2.45, 2.75) is 38.6 Å². The van der Waals surface area contributed by atoms with E-state index >= 15 is 0 Å². The fourth-order valence-electron chi connectivity index (χ4n) is 3.28. The quantitative estimate of drug-likeness (QED) is 0.908. The molecule has 0 aliphatic carbocycles. The molecule has 0 spiro atoms. The number of benzene rings is 1. The van der Waals surface area contributed by atoms with Gasteiger partial charge in [0.25, 0.3) is 0 Å². The summed E-state index contributed by atoms with van der Waals surface area (Å²) in [4.78, 5) is 14.5. The van der Waals surface area contributed by atoms with Crippen molar-refractivity contribution < 1.29 is 4.79 Å². The smallest absolute Gasteiger partial charge is 0.223 e. The number of para-hydroxylation sites is 1. The Bertz CT molecular complexity index is 667. The molecule has 2 aromatic rings. The van der Waals surface area contributed by atoms with Gasteiger partial charge in [0.05, 0.1) is 0 Å². The van der Waals surface area contributed by atoms with Crippen molar-refractivity contribution in [3.05, 3.63) is 42.5 Å². The number of nitrogens with zero attached hydrogens (tertiary/aromatic N) is 4. The number of amides is 1. The Kier molecular flexibility index (Phi) is 5.25. The van der Waals surface area contributed by atoms with Crippen LogP contribution in [0.5, 0.6) is 0 Å². The van der Waals surface area contributed by atoms with Gasteiger partial charge in [0.15, 0.2) is 0 Å². The van der Waals surface area contributed by atoms with E-state index in [9.17, 15) is 4.79 Å². The normalized spacial score (nSPS) is 19.2. The number of nitrogens with two attached hydrogens (primary N) is 1. The highest BCUT2D eigenvalue weighted by atomic mass is 16.2. The first-order valence-electron chi connectivity index (χ1n) is 8.63. The molecule has 0 bridgehead atoms. The first-order chi connectivity index (χ1) is 11.6.